The number of pyridine rings is 1. The third-order valence-corrected chi connectivity index (χ3v) is 4.61. The van der Waals surface area contributed by atoms with Crippen LogP contribution < -0.4 is 15.4 Å². The number of nitrogens with one attached hydrogen (secondary N) is 2. The molecule has 12 heteroatoms. The van der Waals surface area contributed by atoms with Crippen LogP contribution in [0, 0.1) is 0 Å². The largest absolute Gasteiger partial charge is 0.437 e. The highest BCUT2D eigenvalue weighted by Gasteiger charge is 2.18. The first-order chi connectivity index (χ1) is 15.5. The molecule has 4 rings (SSSR count). The van der Waals surface area contributed by atoms with Crippen LogP contribution in [-0.4, -0.2) is 35.7 Å². The minimum absolute atomic E-state index is 0.203. The van der Waals surface area contributed by atoms with Crippen molar-refractivity contribution in [3.8, 4) is 17.6 Å². The predicted molar refractivity (Wildman–Crippen MR) is 118 cm³/mol. The number of benzene rings is 1. The van der Waals surface area contributed by atoms with E-state index in [1.807, 2.05) is 0 Å². The van der Waals surface area contributed by atoms with E-state index < -0.39 is 12.1 Å². The highest BCUT2D eigenvalue weighted by atomic mass is 35.5. The summed E-state index contributed by atoms with van der Waals surface area (Å²) in [6.45, 7) is 1.77. The summed E-state index contributed by atoms with van der Waals surface area (Å²) in [6, 6.07) is 9.10. The summed E-state index contributed by atoms with van der Waals surface area (Å²) in [7, 11) is 0. The van der Waals surface area contributed by atoms with E-state index >= 15 is 0 Å². The van der Waals surface area contributed by atoms with E-state index in [-0.39, 0.29) is 10.9 Å². The van der Waals surface area contributed by atoms with Gasteiger partial charge in [0.1, 0.15) is 17.1 Å². The number of hydrogen-bond acceptors (Lipinski definition) is 7. The number of amides is 2. The van der Waals surface area contributed by atoms with E-state index in [1.54, 1.807) is 49.6 Å². The predicted octanol–water partition coefficient (Wildman–Crippen LogP) is 4.43. The zero-order valence-electron chi connectivity index (χ0n) is 16.6. The number of halogens is 2. The van der Waals surface area contributed by atoms with Gasteiger partial charge in [-0.05, 0) is 31.2 Å². The van der Waals surface area contributed by atoms with Crippen molar-refractivity contribution in [3.63, 3.8) is 0 Å². The maximum absolute atomic E-state index is 12.5. The number of nitrogens with zero attached hydrogens (tertiary/aromatic N) is 6. The second-order valence-electron chi connectivity index (χ2n) is 6.47. The third-order valence-electron chi connectivity index (χ3n) is 4.13. The Morgan fingerprint density at radius 2 is 1.91 bits per heavy atom. The summed E-state index contributed by atoms with van der Waals surface area (Å²) in [6.07, 6.45) is 6.00. The summed E-state index contributed by atoms with van der Waals surface area (Å²) >= 11 is 11.9. The molecule has 32 heavy (non-hydrogen) atoms. The van der Waals surface area contributed by atoms with Crippen molar-refractivity contribution in [2.75, 3.05) is 5.32 Å². The average molecular weight is 471 g/mol. The molecule has 0 aliphatic carbocycles. The highest BCUT2D eigenvalue weighted by Crippen LogP contribution is 2.30. The summed E-state index contributed by atoms with van der Waals surface area (Å²) < 4.78 is 7.14. The zero-order chi connectivity index (χ0) is 22.5. The van der Waals surface area contributed by atoms with Crippen LogP contribution in [0.25, 0.3) is 5.95 Å². The molecule has 3 aromatic heterocycles. The van der Waals surface area contributed by atoms with Gasteiger partial charge in [0.15, 0.2) is 5.82 Å². The summed E-state index contributed by atoms with van der Waals surface area (Å²) in [5.41, 5.74) is 0.505. The van der Waals surface area contributed by atoms with Gasteiger partial charge in [-0.1, -0.05) is 29.3 Å². The lowest BCUT2D eigenvalue weighted by atomic mass is 10.3. The smallest absolute Gasteiger partial charge is 0.319 e. The van der Waals surface area contributed by atoms with E-state index in [4.69, 9.17) is 27.9 Å². The van der Waals surface area contributed by atoms with Gasteiger partial charge in [-0.15, -0.1) is 0 Å². The molecule has 1 aromatic carbocycles. The Labute approximate surface area is 192 Å². The molecule has 2 amide bonds. The lowest BCUT2D eigenvalue weighted by Gasteiger charge is -2.15. The Morgan fingerprint density at radius 3 is 2.69 bits per heavy atom. The quantitative estimate of drug-likeness (QED) is 0.427. The molecule has 0 aliphatic rings. The first-order valence-corrected chi connectivity index (χ1v) is 10.1. The standard InChI is InChI=1S/C20H16Cl2N8O2/c1-12(17-26-11-27-30(17)19-23-6-3-7-24-19)28-20(31)29-14-4-2-5-15(9-14)32-18-16(22)8-13(21)10-25-18/h2-12H,1H3,(H2,28,29,31). The van der Waals surface area contributed by atoms with E-state index in [0.717, 1.165) is 0 Å². The van der Waals surface area contributed by atoms with Crippen molar-refractivity contribution in [1.29, 1.82) is 0 Å². The lowest BCUT2D eigenvalue weighted by Crippen LogP contribution is -2.32. The molecule has 0 saturated heterocycles. The number of aromatic nitrogens is 6. The maximum Gasteiger partial charge on any atom is 0.319 e. The number of carbonyl (C=O) groups excluding carboxylic acids is 1. The molecule has 1 unspecified atom stereocenters. The average Bonchev–Trinajstić information content (AvgIpc) is 3.27. The SMILES string of the molecule is CC(NC(=O)Nc1cccc(Oc2ncc(Cl)cc2Cl)c1)c1ncnn1-c1ncccn1. The van der Waals surface area contributed by atoms with Crippen LogP contribution in [0.3, 0.4) is 0 Å². The van der Waals surface area contributed by atoms with Crippen LogP contribution in [0.2, 0.25) is 10.0 Å². The fraction of sp³-hybridized carbons (Fsp3) is 0.100. The van der Waals surface area contributed by atoms with Gasteiger partial charge in [0.2, 0.25) is 5.88 Å². The van der Waals surface area contributed by atoms with Crippen LogP contribution in [0.1, 0.15) is 18.8 Å². The molecule has 10 nitrogen and oxygen atoms in total. The van der Waals surface area contributed by atoms with E-state index in [0.29, 0.717) is 28.2 Å². The van der Waals surface area contributed by atoms with Crippen LogP contribution >= 0.6 is 23.2 Å². The van der Waals surface area contributed by atoms with Crippen molar-refractivity contribution in [3.05, 3.63) is 77.2 Å². The molecule has 2 N–H and O–H groups in total. The second-order valence-corrected chi connectivity index (χ2v) is 7.31. The first-order valence-electron chi connectivity index (χ1n) is 9.33. The Kier molecular flexibility index (Phi) is 6.43. The Balaban J connectivity index is 1.42. The Morgan fingerprint density at radius 1 is 1.09 bits per heavy atom. The Bertz CT molecular complexity index is 1240. The summed E-state index contributed by atoms with van der Waals surface area (Å²) in [5.74, 6) is 1.47. The van der Waals surface area contributed by atoms with Crippen molar-refractivity contribution >= 4 is 34.9 Å². The molecule has 0 aliphatic heterocycles. The van der Waals surface area contributed by atoms with Gasteiger partial charge in [-0.3, -0.25) is 0 Å². The first kappa shape index (κ1) is 21.5. The molecule has 1 atom stereocenters. The van der Waals surface area contributed by atoms with E-state index in [9.17, 15) is 4.79 Å². The normalized spacial score (nSPS) is 11.6. The molecule has 3 heterocycles. The third kappa shape index (κ3) is 5.10. The fourth-order valence-corrected chi connectivity index (χ4v) is 3.17. The molecule has 0 spiro atoms. The molecule has 4 aromatic rings. The molecule has 0 bridgehead atoms. The van der Waals surface area contributed by atoms with Crippen LogP contribution in [0.5, 0.6) is 11.6 Å². The van der Waals surface area contributed by atoms with Gasteiger partial charge in [0, 0.05) is 30.3 Å². The number of carbonyl (C=O) groups is 1. The summed E-state index contributed by atoms with van der Waals surface area (Å²) in [4.78, 5) is 29.1. The molecular formula is C20H16Cl2N8O2. The van der Waals surface area contributed by atoms with Gasteiger partial charge in [-0.25, -0.2) is 24.7 Å². The molecular weight excluding hydrogens is 455 g/mol. The number of anilines is 1. The minimum Gasteiger partial charge on any atom is -0.437 e. The van der Waals surface area contributed by atoms with Crippen molar-refractivity contribution in [1.82, 2.24) is 35.0 Å². The number of urea groups is 1. The van der Waals surface area contributed by atoms with Crippen molar-refractivity contribution in [2.45, 2.75) is 13.0 Å². The van der Waals surface area contributed by atoms with E-state index in [2.05, 4.69) is 35.7 Å². The topological polar surface area (TPSA) is 120 Å². The van der Waals surface area contributed by atoms with Gasteiger partial charge in [0.25, 0.3) is 5.95 Å². The Hall–Kier alpha value is -3.76. The van der Waals surface area contributed by atoms with Crippen LogP contribution in [0.15, 0.2) is 61.3 Å². The molecule has 0 fully saturated rings. The monoisotopic (exact) mass is 470 g/mol. The van der Waals surface area contributed by atoms with Gasteiger partial charge < -0.3 is 15.4 Å². The lowest BCUT2D eigenvalue weighted by molar-refractivity contribution is 0.248. The zero-order valence-corrected chi connectivity index (χ0v) is 18.1. The minimum atomic E-state index is -0.474. The van der Waals surface area contributed by atoms with Crippen molar-refractivity contribution < 1.29 is 9.53 Å². The molecule has 0 radical (unpaired) electrons. The van der Waals surface area contributed by atoms with Crippen molar-refractivity contribution in [2.24, 2.45) is 0 Å². The van der Waals surface area contributed by atoms with Gasteiger partial charge >= 0.3 is 6.03 Å². The fourth-order valence-electron chi connectivity index (χ4n) is 2.75. The molecule has 162 valence electrons. The number of rotatable bonds is 6. The number of hydrogen-bond donors (Lipinski definition) is 2. The maximum atomic E-state index is 12.5. The molecule has 0 saturated carbocycles. The second kappa shape index (κ2) is 9.58. The van der Waals surface area contributed by atoms with Crippen LogP contribution in [0.4, 0.5) is 10.5 Å². The van der Waals surface area contributed by atoms with E-state index in [1.165, 1.54) is 23.3 Å². The van der Waals surface area contributed by atoms with Crippen LogP contribution in [-0.2, 0) is 0 Å². The summed E-state index contributed by atoms with van der Waals surface area (Å²) in [5, 5.41) is 10.4. The van der Waals surface area contributed by atoms with Gasteiger partial charge in [0.05, 0.1) is 11.1 Å². The number of ether oxygens (including phenoxy) is 1. The van der Waals surface area contributed by atoms with Gasteiger partial charge in [-0.2, -0.15) is 9.78 Å². The highest BCUT2D eigenvalue weighted by molar-refractivity contribution is 6.35.